The van der Waals surface area contributed by atoms with E-state index in [2.05, 4.69) is 154 Å². The molecule has 0 saturated carbocycles. The van der Waals surface area contributed by atoms with Crippen LogP contribution in [0.3, 0.4) is 0 Å². The molecule has 74 heavy (non-hydrogen) atoms. The van der Waals surface area contributed by atoms with Crippen molar-refractivity contribution in [1.82, 2.24) is 0 Å². The molecule has 0 rings (SSSR count). The van der Waals surface area contributed by atoms with E-state index >= 15 is 0 Å². The Labute approximate surface area is 455 Å². The van der Waals surface area contributed by atoms with Gasteiger partial charge in [-0.25, -0.2) is 0 Å². The van der Waals surface area contributed by atoms with Crippen LogP contribution in [-0.2, 0) is 28.6 Å². The first-order valence-corrected chi connectivity index (χ1v) is 29.8. The van der Waals surface area contributed by atoms with Crippen molar-refractivity contribution in [2.24, 2.45) is 0 Å². The third kappa shape index (κ3) is 58.2. The number of unbranched alkanes of at least 4 members (excludes halogenated alkanes) is 17. The Hall–Kier alpha value is -4.71. The van der Waals surface area contributed by atoms with Crippen molar-refractivity contribution in [2.75, 3.05) is 13.2 Å². The van der Waals surface area contributed by atoms with Gasteiger partial charge in [0.2, 0.25) is 0 Å². The van der Waals surface area contributed by atoms with Crippen LogP contribution in [0.25, 0.3) is 0 Å². The number of hydrogen-bond donors (Lipinski definition) is 0. The molecule has 0 radical (unpaired) electrons. The summed E-state index contributed by atoms with van der Waals surface area (Å²) < 4.78 is 16.7. The third-order valence-corrected chi connectivity index (χ3v) is 12.1. The maximum absolute atomic E-state index is 12.8. The lowest BCUT2D eigenvalue weighted by Crippen LogP contribution is -2.30. The van der Waals surface area contributed by atoms with Gasteiger partial charge in [-0.05, 0) is 109 Å². The van der Waals surface area contributed by atoms with Gasteiger partial charge in [0.1, 0.15) is 13.2 Å². The summed E-state index contributed by atoms with van der Waals surface area (Å²) in [5.41, 5.74) is 0. The van der Waals surface area contributed by atoms with Gasteiger partial charge >= 0.3 is 17.9 Å². The van der Waals surface area contributed by atoms with Gasteiger partial charge in [-0.15, -0.1) is 0 Å². The predicted octanol–water partition coefficient (Wildman–Crippen LogP) is 20.4. The van der Waals surface area contributed by atoms with E-state index in [4.69, 9.17) is 14.2 Å². The van der Waals surface area contributed by atoms with Crippen molar-refractivity contribution in [3.8, 4) is 0 Å². The number of rotatable bonds is 52. The zero-order chi connectivity index (χ0) is 53.6. The first-order chi connectivity index (χ1) is 36.5. The van der Waals surface area contributed by atoms with Crippen LogP contribution in [0.1, 0.15) is 245 Å². The number of hydrogen-bond acceptors (Lipinski definition) is 6. The summed E-state index contributed by atoms with van der Waals surface area (Å²) >= 11 is 0. The SMILES string of the molecule is CC/C=C\C/C=C\C/C=C\C/C=C\C/C=C\C/C=C\CCCCCCCCCCCCCCC(=O)OCC(COC(=O)CCCCCCCC)OC(=O)CC/C=C\C/C=C\C/C=C\C/C=C\C/C=C\C/C=C\CC. The van der Waals surface area contributed by atoms with Crippen LogP contribution in [0.4, 0.5) is 0 Å². The van der Waals surface area contributed by atoms with Crippen molar-refractivity contribution < 1.29 is 28.6 Å². The second-order valence-electron chi connectivity index (χ2n) is 19.1. The molecule has 0 amide bonds. The highest BCUT2D eigenvalue weighted by Crippen LogP contribution is 2.14. The molecule has 0 spiro atoms. The lowest BCUT2D eigenvalue weighted by molar-refractivity contribution is -0.166. The van der Waals surface area contributed by atoms with Crippen molar-refractivity contribution in [3.05, 3.63) is 146 Å². The van der Waals surface area contributed by atoms with E-state index in [0.29, 0.717) is 19.3 Å². The van der Waals surface area contributed by atoms with Crippen LogP contribution in [0, 0.1) is 0 Å². The lowest BCUT2D eigenvalue weighted by Gasteiger charge is -2.18. The Morgan fingerprint density at radius 1 is 0.284 bits per heavy atom. The highest BCUT2D eigenvalue weighted by atomic mass is 16.6. The first kappa shape index (κ1) is 69.3. The van der Waals surface area contributed by atoms with Crippen LogP contribution in [0.5, 0.6) is 0 Å². The minimum absolute atomic E-state index is 0.112. The van der Waals surface area contributed by atoms with Gasteiger partial charge in [0, 0.05) is 19.3 Å². The van der Waals surface area contributed by atoms with Crippen molar-refractivity contribution in [2.45, 2.75) is 252 Å². The zero-order valence-electron chi connectivity index (χ0n) is 47.5. The van der Waals surface area contributed by atoms with Gasteiger partial charge in [0.05, 0.1) is 0 Å². The Morgan fingerprint density at radius 3 is 0.878 bits per heavy atom. The molecule has 0 saturated heterocycles. The van der Waals surface area contributed by atoms with Crippen molar-refractivity contribution >= 4 is 17.9 Å². The summed E-state index contributed by atoms with van der Waals surface area (Å²) in [7, 11) is 0. The topological polar surface area (TPSA) is 78.9 Å². The molecule has 1 unspecified atom stereocenters. The molecule has 0 aliphatic rings. The maximum Gasteiger partial charge on any atom is 0.306 e. The van der Waals surface area contributed by atoms with Gasteiger partial charge in [0.15, 0.2) is 6.10 Å². The number of allylic oxidation sites excluding steroid dienone is 24. The lowest BCUT2D eigenvalue weighted by atomic mass is 10.0. The molecule has 0 aromatic carbocycles. The Bertz CT molecular complexity index is 1640. The summed E-state index contributed by atoms with van der Waals surface area (Å²) in [5.74, 6) is -1.01. The average molecular weight is 1020 g/mol. The molecule has 0 aromatic heterocycles. The summed E-state index contributed by atoms with van der Waals surface area (Å²) in [4.78, 5) is 37.9. The smallest absolute Gasteiger partial charge is 0.306 e. The summed E-state index contributed by atoms with van der Waals surface area (Å²) in [6.45, 7) is 6.27. The number of ether oxygens (including phenoxy) is 3. The van der Waals surface area contributed by atoms with Crippen LogP contribution in [-0.4, -0.2) is 37.2 Å². The van der Waals surface area contributed by atoms with Crippen LogP contribution >= 0.6 is 0 Å². The Kier molecular flexibility index (Phi) is 57.0. The van der Waals surface area contributed by atoms with Gasteiger partial charge < -0.3 is 14.2 Å². The molecule has 0 aromatic rings. The van der Waals surface area contributed by atoms with E-state index < -0.39 is 12.1 Å². The number of carbonyl (C=O) groups excluding carboxylic acids is 3. The molecule has 6 nitrogen and oxygen atoms in total. The molecular formula is C68H108O6. The van der Waals surface area contributed by atoms with Gasteiger partial charge in [-0.3, -0.25) is 14.4 Å². The zero-order valence-corrected chi connectivity index (χ0v) is 47.5. The first-order valence-electron chi connectivity index (χ1n) is 29.8. The van der Waals surface area contributed by atoms with Crippen LogP contribution in [0.2, 0.25) is 0 Å². The third-order valence-electron chi connectivity index (χ3n) is 12.1. The highest BCUT2D eigenvalue weighted by molar-refractivity contribution is 5.71. The van der Waals surface area contributed by atoms with E-state index in [1.54, 1.807) is 0 Å². The largest absolute Gasteiger partial charge is 0.462 e. The molecule has 0 N–H and O–H groups in total. The minimum Gasteiger partial charge on any atom is -0.462 e. The molecule has 0 aliphatic heterocycles. The van der Waals surface area contributed by atoms with Gasteiger partial charge in [0.25, 0.3) is 0 Å². The van der Waals surface area contributed by atoms with Crippen molar-refractivity contribution in [3.63, 3.8) is 0 Å². The fourth-order valence-corrected chi connectivity index (χ4v) is 7.71. The Balaban J connectivity index is 4.19. The number of carbonyl (C=O) groups is 3. The van der Waals surface area contributed by atoms with Gasteiger partial charge in [-0.1, -0.05) is 263 Å². The highest BCUT2D eigenvalue weighted by Gasteiger charge is 2.19. The molecule has 1 atom stereocenters. The van der Waals surface area contributed by atoms with E-state index in [-0.39, 0.29) is 31.6 Å². The van der Waals surface area contributed by atoms with Crippen molar-refractivity contribution in [1.29, 1.82) is 0 Å². The van der Waals surface area contributed by atoms with E-state index in [1.165, 1.54) is 83.5 Å². The fourth-order valence-electron chi connectivity index (χ4n) is 7.71. The quantitative estimate of drug-likeness (QED) is 0.0261. The molecule has 416 valence electrons. The normalized spacial score (nSPS) is 13.2. The molecule has 6 heteroatoms. The van der Waals surface area contributed by atoms with E-state index in [0.717, 1.165) is 116 Å². The number of esters is 3. The molecule has 0 fully saturated rings. The molecule has 0 heterocycles. The second kappa shape index (κ2) is 60.8. The fraction of sp³-hybridized carbons (Fsp3) is 0.603. The summed E-state index contributed by atoms with van der Waals surface area (Å²) in [6, 6.07) is 0. The molecule has 0 bridgehead atoms. The monoisotopic (exact) mass is 1020 g/mol. The van der Waals surface area contributed by atoms with Crippen LogP contribution < -0.4 is 0 Å². The second-order valence-corrected chi connectivity index (χ2v) is 19.1. The average Bonchev–Trinajstić information content (AvgIpc) is 3.40. The van der Waals surface area contributed by atoms with E-state index in [1.807, 2.05) is 12.2 Å². The van der Waals surface area contributed by atoms with E-state index in [9.17, 15) is 14.4 Å². The van der Waals surface area contributed by atoms with Crippen LogP contribution in [0.15, 0.2) is 146 Å². The Morgan fingerprint density at radius 2 is 0.554 bits per heavy atom. The molecule has 0 aliphatic carbocycles. The van der Waals surface area contributed by atoms with Gasteiger partial charge in [-0.2, -0.15) is 0 Å². The standard InChI is InChI=1S/C68H108O6/c1-4-7-10-13-16-18-20-22-24-26-28-29-30-31-32-33-34-35-36-37-38-39-41-42-44-46-48-50-52-55-58-61-67(70)73-64-65(63-72-66(69)60-57-54-15-12-9-6-3)74-68(71)62-59-56-53-51-49-47-45-43-40-27-25-23-21-19-17-14-11-8-5-2/h7-8,10-11,16-19,22-25,28-29,31-32,34-35,40,43,47,49,53,56,65H,4-6,9,12-15,20-21,26-27,30,33,36-39,41-42,44-46,48,50-52,54-55,57-64H2,1-3H3/b10-7-,11-8-,18-16-,19-17-,24-22-,25-23-,29-28-,32-31-,35-34-,43-40-,49-47-,56-53-. The minimum atomic E-state index is -0.821. The summed E-state index contributed by atoms with van der Waals surface area (Å²) in [6.07, 6.45) is 87.5. The molecular weight excluding hydrogens is 913 g/mol. The predicted molar refractivity (Wildman–Crippen MR) is 320 cm³/mol. The maximum atomic E-state index is 12.8. The summed E-state index contributed by atoms with van der Waals surface area (Å²) in [5, 5.41) is 0.